The molecular weight excluding hydrogens is 345 g/mol. The summed E-state index contributed by atoms with van der Waals surface area (Å²) >= 11 is 5.87. The van der Waals surface area contributed by atoms with Crippen molar-refractivity contribution >= 4 is 29.1 Å². The van der Waals surface area contributed by atoms with Crippen LogP contribution in [0.25, 0.3) is 0 Å². The van der Waals surface area contributed by atoms with Crippen LogP contribution in [0.1, 0.15) is 32.8 Å². The van der Waals surface area contributed by atoms with Gasteiger partial charge in [-0.15, -0.1) is 0 Å². The van der Waals surface area contributed by atoms with Crippen molar-refractivity contribution in [3.63, 3.8) is 0 Å². The Labute approximate surface area is 143 Å². The third-order valence-corrected chi connectivity index (χ3v) is 4.19. The molecule has 1 aromatic rings. The van der Waals surface area contributed by atoms with E-state index >= 15 is 0 Å². The van der Waals surface area contributed by atoms with Gasteiger partial charge in [0.1, 0.15) is 0 Å². The monoisotopic (exact) mass is 362 g/mol. The second-order valence-corrected chi connectivity index (χ2v) is 7.17. The molecule has 132 valence electrons. The number of halogens is 4. The molecule has 0 radical (unpaired) electrons. The van der Waals surface area contributed by atoms with Crippen LogP contribution in [0, 0.1) is 5.92 Å². The number of nitrogens with zero attached hydrogens (tertiary/aromatic N) is 1. The SMILES string of the molecule is CC(C)(C)N1CC(C(=O)Nc2cc(C(F)(F)F)ccc2Cl)CC1=O. The van der Waals surface area contributed by atoms with E-state index in [0.717, 1.165) is 18.2 Å². The molecular formula is C16H18ClF3N2O2. The van der Waals surface area contributed by atoms with E-state index in [1.165, 1.54) is 0 Å². The molecule has 1 heterocycles. The Morgan fingerprint density at radius 2 is 1.92 bits per heavy atom. The zero-order valence-corrected chi connectivity index (χ0v) is 14.3. The highest BCUT2D eigenvalue weighted by atomic mass is 35.5. The smallest absolute Gasteiger partial charge is 0.337 e. The van der Waals surface area contributed by atoms with Crippen molar-refractivity contribution in [3.05, 3.63) is 28.8 Å². The first-order valence-electron chi connectivity index (χ1n) is 7.37. The van der Waals surface area contributed by atoms with E-state index in [1.807, 2.05) is 20.8 Å². The van der Waals surface area contributed by atoms with Crippen molar-refractivity contribution in [1.29, 1.82) is 0 Å². The minimum Gasteiger partial charge on any atom is -0.337 e. The second kappa shape index (κ2) is 6.27. The molecule has 24 heavy (non-hydrogen) atoms. The number of alkyl halides is 3. The average Bonchev–Trinajstić information content (AvgIpc) is 2.82. The minimum atomic E-state index is -4.53. The summed E-state index contributed by atoms with van der Waals surface area (Å²) in [6.07, 6.45) is -4.50. The van der Waals surface area contributed by atoms with Crippen molar-refractivity contribution in [2.75, 3.05) is 11.9 Å². The van der Waals surface area contributed by atoms with Gasteiger partial charge in [-0.25, -0.2) is 0 Å². The van der Waals surface area contributed by atoms with E-state index in [4.69, 9.17) is 11.6 Å². The predicted octanol–water partition coefficient (Wildman–Crippen LogP) is 3.94. The van der Waals surface area contributed by atoms with E-state index in [-0.39, 0.29) is 29.6 Å². The fourth-order valence-corrected chi connectivity index (χ4v) is 2.73. The predicted molar refractivity (Wildman–Crippen MR) is 84.7 cm³/mol. The van der Waals surface area contributed by atoms with Crippen LogP contribution in [-0.2, 0) is 15.8 Å². The maximum atomic E-state index is 12.8. The Bertz CT molecular complexity index is 668. The topological polar surface area (TPSA) is 49.4 Å². The first kappa shape index (κ1) is 18.6. The summed E-state index contributed by atoms with van der Waals surface area (Å²) in [5, 5.41) is 2.42. The zero-order chi connectivity index (χ0) is 18.3. The van der Waals surface area contributed by atoms with Crippen LogP contribution in [0.2, 0.25) is 5.02 Å². The van der Waals surface area contributed by atoms with Gasteiger partial charge in [-0.2, -0.15) is 13.2 Å². The van der Waals surface area contributed by atoms with Gasteiger partial charge in [0.05, 0.1) is 22.2 Å². The van der Waals surface area contributed by atoms with Crippen molar-refractivity contribution in [1.82, 2.24) is 4.90 Å². The summed E-state index contributed by atoms with van der Waals surface area (Å²) in [4.78, 5) is 25.9. The highest BCUT2D eigenvalue weighted by molar-refractivity contribution is 6.33. The molecule has 8 heteroatoms. The van der Waals surface area contributed by atoms with Gasteiger partial charge >= 0.3 is 6.18 Å². The van der Waals surface area contributed by atoms with Crippen LogP contribution in [0.4, 0.5) is 18.9 Å². The fraction of sp³-hybridized carbons (Fsp3) is 0.500. The summed E-state index contributed by atoms with van der Waals surface area (Å²) in [5.74, 6) is -1.29. The van der Waals surface area contributed by atoms with Gasteiger partial charge in [-0.1, -0.05) is 11.6 Å². The lowest BCUT2D eigenvalue weighted by Gasteiger charge is -2.31. The van der Waals surface area contributed by atoms with Gasteiger partial charge in [-0.3, -0.25) is 9.59 Å². The molecule has 0 spiro atoms. The first-order chi connectivity index (χ1) is 10.9. The molecule has 1 fully saturated rings. The van der Waals surface area contributed by atoms with Crippen molar-refractivity contribution in [2.45, 2.75) is 38.9 Å². The second-order valence-electron chi connectivity index (χ2n) is 6.76. The molecule has 0 aliphatic carbocycles. The van der Waals surface area contributed by atoms with Gasteiger partial charge in [0.15, 0.2) is 0 Å². The van der Waals surface area contributed by atoms with E-state index in [2.05, 4.69) is 5.32 Å². The van der Waals surface area contributed by atoms with Crippen LogP contribution in [0.5, 0.6) is 0 Å². The Hall–Kier alpha value is -1.76. The van der Waals surface area contributed by atoms with Crippen LogP contribution in [0.15, 0.2) is 18.2 Å². The summed E-state index contributed by atoms with van der Waals surface area (Å²) < 4.78 is 38.3. The lowest BCUT2D eigenvalue weighted by molar-refractivity contribution is -0.137. The molecule has 1 unspecified atom stereocenters. The summed E-state index contributed by atoms with van der Waals surface area (Å²) in [6, 6.07) is 2.72. The molecule has 1 aromatic carbocycles. The summed E-state index contributed by atoms with van der Waals surface area (Å²) in [6.45, 7) is 5.79. The molecule has 0 aromatic heterocycles. The van der Waals surface area contributed by atoms with Crippen molar-refractivity contribution in [2.24, 2.45) is 5.92 Å². The minimum absolute atomic E-state index is 0.00773. The molecule has 1 N–H and O–H groups in total. The van der Waals surface area contributed by atoms with E-state index < -0.39 is 29.1 Å². The maximum absolute atomic E-state index is 12.8. The largest absolute Gasteiger partial charge is 0.416 e. The molecule has 1 atom stereocenters. The number of hydrogen-bond donors (Lipinski definition) is 1. The lowest BCUT2D eigenvalue weighted by atomic mass is 10.1. The number of carbonyl (C=O) groups excluding carboxylic acids is 2. The first-order valence-corrected chi connectivity index (χ1v) is 7.75. The molecule has 1 aliphatic heterocycles. The van der Waals surface area contributed by atoms with E-state index in [9.17, 15) is 22.8 Å². The Morgan fingerprint density at radius 1 is 1.29 bits per heavy atom. The molecule has 2 amide bonds. The quantitative estimate of drug-likeness (QED) is 0.866. The molecule has 0 saturated carbocycles. The standard InChI is InChI=1S/C16H18ClF3N2O2/c1-15(2,3)22-8-9(6-13(22)23)14(24)21-12-7-10(16(18,19)20)4-5-11(12)17/h4-5,7,9H,6,8H2,1-3H3,(H,21,24). The van der Waals surface area contributed by atoms with Gasteiger partial charge in [0.2, 0.25) is 11.8 Å². The number of hydrogen-bond acceptors (Lipinski definition) is 2. The van der Waals surface area contributed by atoms with E-state index in [1.54, 1.807) is 4.90 Å². The number of amides is 2. The number of anilines is 1. The number of nitrogens with one attached hydrogen (secondary N) is 1. The molecule has 2 rings (SSSR count). The van der Waals surface area contributed by atoms with Crippen LogP contribution >= 0.6 is 11.6 Å². The average molecular weight is 363 g/mol. The third-order valence-electron chi connectivity index (χ3n) is 3.86. The summed E-state index contributed by atoms with van der Waals surface area (Å²) in [5.41, 5.74) is -1.43. The highest BCUT2D eigenvalue weighted by Gasteiger charge is 2.39. The Balaban J connectivity index is 2.15. The van der Waals surface area contributed by atoms with E-state index in [0.29, 0.717) is 0 Å². The van der Waals surface area contributed by atoms with Crippen LogP contribution in [0.3, 0.4) is 0 Å². The number of likely N-dealkylation sites (tertiary alicyclic amines) is 1. The number of rotatable bonds is 2. The fourth-order valence-electron chi connectivity index (χ4n) is 2.56. The zero-order valence-electron chi connectivity index (χ0n) is 13.5. The van der Waals surface area contributed by atoms with Crippen molar-refractivity contribution < 1.29 is 22.8 Å². The highest BCUT2D eigenvalue weighted by Crippen LogP contribution is 2.34. The van der Waals surface area contributed by atoms with Crippen LogP contribution < -0.4 is 5.32 Å². The summed E-state index contributed by atoms with van der Waals surface area (Å²) in [7, 11) is 0. The van der Waals surface area contributed by atoms with Gasteiger partial charge < -0.3 is 10.2 Å². The van der Waals surface area contributed by atoms with Crippen LogP contribution in [-0.4, -0.2) is 28.8 Å². The molecule has 0 bridgehead atoms. The number of benzene rings is 1. The molecule has 4 nitrogen and oxygen atoms in total. The van der Waals surface area contributed by atoms with Crippen molar-refractivity contribution in [3.8, 4) is 0 Å². The van der Waals surface area contributed by atoms with Gasteiger partial charge in [-0.05, 0) is 39.0 Å². The number of carbonyl (C=O) groups is 2. The van der Waals surface area contributed by atoms with Gasteiger partial charge in [0, 0.05) is 18.5 Å². The normalized spacial score (nSPS) is 18.9. The third kappa shape index (κ3) is 4.01. The lowest BCUT2D eigenvalue weighted by Crippen LogP contribution is -2.42. The Morgan fingerprint density at radius 3 is 2.42 bits per heavy atom. The maximum Gasteiger partial charge on any atom is 0.416 e. The van der Waals surface area contributed by atoms with Gasteiger partial charge in [0.25, 0.3) is 0 Å². The molecule has 1 saturated heterocycles. The molecule has 1 aliphatic rings. The Kier molecular flexibility index (Phi) is 4.86.